The molecular formula is C10H8ClN5O3. The van der Waals surface area contributed by atoms with Gasteiger partial charge in [0.2, 0.25) is 11.8 Å². The van der Waals surface area contributed by atoms with Crippen molar-refractivity contribution >= 4 is 35.1 Å². The molecule has 8 nitrogen and oxygen atoms in total. The van der Waals surface area contributed by atoms with Gasteiger partial charge in [-0.2, -0.15) is 4.98 Å². The summed E-state index contributed by atoms with van der Waals surface area (Å²) in [7, 11) is 0. The van der Waals surface area contributed by atoms with Gasteiger partial charge in [0.1, 0.15) is 0 Å². The Kier molecular flexibility index (Phi) is 3.34. The van der Waals surface area contributed by atoms with Crippen molar-refractivity contribution in [3.63, 3.8) is 0 Å². The number of nitrogen functional groups attached to an aromatic ring is 1. The van der Waals surface area contributed by atoms with Gasteiger partial charge in [-0.25, -0.2) is 4.79 Å². The average molecular weight is 282 g/mol. The molecule has 98 valence electrons. The number of H-pyrrole nitrogens is 1. The van der Waals surface area contributed by atoms with E-state index < -0.39 is 11.9 Å². The quantitative estimate of drug-likeness (QED) is 0.663. The van der Waals surface area contributed by atoms with Gasteiger partial charge in [-0.3, -0.25) is 9.89 Å². The first-order valence-corrected chi connectivity index (χ1v) is 5.36. The number of halogens is 1. The van der Waals surface area contributed by atoms with Gasteiger partial charge in [-0.1, -0.05) is 11.6 Å². The summed E-state index contributed by atoms with van der Waals surface area (Å²) in [6.07, 6.45) is 0. The highest BCUT2D eigenvalue weighted by atomic mass is 35.5. The molecule has 1 amide bonds. The van der Waals surface area contributed by atoms with Crippen LogP contribution in [0.2, 0.25) is 5.02 Å². The molecule has 0 aliphatic carbocycles. The Morgan fingerprint density at radius 2 is 2.11 bits per heavy atom. The summed E-state index contributed by atoms with van der Waals surface area (Å²) in [4.78, 5) is 26.2. The zero-order valence-corrected chi connectivity index (χ0v) is 10.1. The number of anilines is 2. The van der Waals surface area contributed by atoms with Crippen LogP contribution < -0.4 is 11.1 Å². The Hall–Kier alpha value is -2.61. The zero-order valence-electron chi connectivity index (χ0n) is 9.35. The van der Waals surface area contributed by atoms with Crippen LogP contribution in [0.25, 0.3) is 0 Å². The second-order valence-corrected chi connectivity index (χ2v) is 3.97. The molecule has 0 atom stereocenters. The van der Waals surface area contributed by atoms with Crippen LogP contribution in [-0.4, -0.2) is 32.2 Å². The first-order valence-electron chi connectivity index (χ1n) is 4.99. The lowest BCUT2D eigenvalue weighted by Gasteiger charge is -2.05. The lowest BCUT2D eigenvalue weighted by atomic mass is 10.2. The number of rotatable bonds is 3. The van der Waals surface area contributed by atoms with Gasteiger partial charge < -0.3 is 16.2 Å². The first-order chi connectivity index (χ1) is 8.95. The van der Waals surface area contributed by atoms with Crippen LogP contribution >= 0.6 is 11.6 Å². The van der Waals surface area contributed by atoms with Crippen molar-refractivity contribution in [1.29, 1.82) is 0 Å². The molecular weight excluding hydrogens is 274 g/mol. The van der Waals surface area contributed by atoms with Crippen LogP contribution in [0.15, 0.2) is 18.2 Å². The second-order valence-electron chi connectivity index (χ2n) is 3.53. The molecule has 2 aromatic rings. The third-order valence-corrected chi connectivity index (χ3v) is 2.34. The highest BCUT2D eigenvalue weighted by Crippen LogP contribution is 2.19. The molecule has 0 aliphatic heterocycles. The molecule has 0 saturated carbocycles. The molecule has 0 fully saturated rings. The van der Waals surface area contributed by atoms with Crippen molar-refractivity contribution in [2.24, 2.45) is 0 Å². The molecule has 0 saturated heterocycles. The Morgan fingerprint density at radius 3 is 2.68 bits per heavy atom. The Morgan fingerprint density at radius 1 is 1.37 bits per heavy atom. The van der Waals surface area contributed by atoms with Gasteiger partial charge in [0.05, 0.1) is 5.56 Å². The van der Waals surface area contributed by atoms with E-state index in [0.29, 0.717) is 0 Å². The summed E-state index contributed by atoms with van der Waals surface area (Å²) in [5, 5.41) is 17.3. The summed E-state index contributed by atoms with van der Waals surface area (Å²) in [6, 6.07) is 3.95. The molecule has 19 heavy (non-hydrogen) atoms. The van der Waals surface area contributed by atoms with Crippen molar-refractivity contribution in [2.45, 2.75) is 0 Å². The lowest BCUT2D eigenvalue weighted by molar-refractivity contribution is 0.0696. The van der Waals surface area contributed by atoms with E-state index in [1.165, 1.54) is 18.2 Å². The van der Waals surface area contributed by atoms with E-state index >= 15 is 0 Å². The van der Waals surface area contributed by atoms with E-state index in [4.69, 9.17) is 22.4 Å². The molecule has 0 unspecified atom stereocenters. The molecule has 2 rings (SSSR count). The van der Waals surface area contributed by atoms with Crippen LogP contribution in [0.5, 0.6) is 0 Å². The van der Waals surface area contributed by atoms with E-state index in [0.717, 1.165) is 0 Å². The van der Waals surface area contributed by atoms with E-state index in [1.54, 1.807) is 0 Å². The van der Waals surface area contributed by atoms with Gasteiger partial charge in [-0.05, 0) is 18.2 Å². The monoisotopic (exact) mass is 281 g/mol. The fourth-order valence-electron chi connectivity index (χ4n) is 1.35. The summed E-state index contributed by atoms with van der Waals surface area (Å²) >= 11 is 5.76. The normalized spacial score (nSPS) is 10.2. The molecule has 0 spiro atoms. The predicted molar refractivity (Wildman–Crippen MR) is 67.2 cm³/mol. The number of carboxylic acids is 1. The number of carbonyl (C=O) groups is 2. The SMILES string of the molecule is Nc1n[nH]c(C(=O)Nc2cc(Cl)cc(C(=O)O)c2)n1. The fraction of sp³-hybridized carbons (Fsp3) is 0. The largest absolute Gasteiger partial charge is 0.478 e. The lowest BCUT2D eigenvalue weighted by Crippen LogP contribution is -2.14. The zero-order chi connectivity index (χ0) is 14.0. The number of aromatic amines is 1. The number of carboxylic acid groups (broad SMARTS) is 1. The summed E-state index contributed by atoms with van der Waals surface area (Å²) < 4.78 is 0. The van der Waals surface area contributed by atoms with Crippen LogP contribution in [-0.2, 0) is 0 Å². The summed E-state index contributed by atoms with van der Waals surface area (Å²) in [6.45, 7) is 0. The molecule has 1 heterocycles. The smallest absolute Gasteiger partial charge is 0.335 e. The van der Waals surface area contributed by atoms with Crippen LogP contribution in [0, 0.1) is 0 Å². The minimum atomic E-state index is -1.15. The van der Waals surface area contributed by atoms with Crippen molar-refractivity contribution in [1.82, 2.24) is 15.2 Å². The van der Waals surface area contributed by atoms with Gasteiger partial charge in [0.15, 0.2) is 0 Å². The number of carbonyl (C=O) groups excluding carboxylic acids is 1. The maximum Gasteiger partial charge on any atom is 0.335 e. The van der Waals surface area contributed by atoms with E-state index in [2.05, 4.69) is 20.5 Å². The van der Waals surface area contributed by atoms with Crippen molar-refractivity contribution in [2.75, 3.05) is 11.1 Å². The van der Waals surface area contributed by atoms with E-state index in [1.807, 2.05) is 0 Å². The number of nitrogens with zero attached hydrogens (tertiary/aromatic N) is 2. The Labute approximate surface area is 111 Å². The molecule has 1 aromatic heterocycles. The second kappa shape index (κ2) is 4.94. The molecule has 9 heteroatoms. The number of hydrogen-bond acceptors (Lipinski definition) is 5. The highest BCUT2D eigenvalue weighted by Gasteiger charge is 2.13. The standard InChI is InChI=1S/C10H8ClN5O3/c11-5-1-4(9(18)19)2-6(3-5)13-8(17)7-14-10(12)16-15-7/h1-3H,(H,13,17)(H,18,19)(H3,12,14,15,16). The van der Waals surface area contributed by atoms with Crippen molar-refractivity contribution in [3.05, 3.63) is 34.6 Å². The van der Waals surface area contributed by atoms with E-state index in [9.17, 15) is 9.59 Å². The van der Waals surface area contributed by atoms with Crippen molar-refractivity contribution in [3.8, 4) is 0 Å². The molecule has 0 bridgehead atoms. The molecule has 0 aliphatic rings. The number of nitrogens with one attached hydrogen (secondary N) is 2. The number of hydrogen-bond donors (Lipinski definition) is 4. The number of nitrogens with two attached hydrogens (primary N) is 1. The first kappa shape index (κ1) is 12.8. The van der Waals surface area contributed by atoms with Crippen LogP contribution in [0.4, 0.5) is 11.6 Å². The summed E-state index contributed by atoms with van der Waals surface area (Å²) in [5.74, 6) is -1.92. The van der Waals surface area contributed by atoms with Gasteiger partial charge in [0, 0.05) is 10.7 Å². The topological polar surface area (TPSA) is 134 Å². The van der Waals surface area contributed by atoms with E-state index in [-0.39, 0.29) is 28.0 Å². The van der Waals surface area contributed by atoms with Crippen molar-refractivity contribution < 1.29 is 14.7 Å². The Bertz CT molecular complexity index is 654. The highest BCUT2D eigenvalue weighted by molar-refractivity contribution is 6.31. The number of aromatic nitrogens is 3. The molecule has 5 N–H and O–H groups in total. The number of amides is 1. The number of benzene rings is 1. The fourth-order valence-corrected chi connectivity index (χ4v) is 1.59. The minimum absolute atomic E-state index is 0.0418. The van der Waals surface area contributed by atoms with Gasteiger partial charge >= 0.3 is 5.97 Å². The van der Waals surface area contributed by atoms with Crippen LogP contribution in [0.3, 0.4) is 0 Å². The van der Waals surface area contributed by atoms with Crippen LogP contribution in [0.1, 0.15) is 21.0 Å². The maximum atomic E-state index is 11.7. The molecule has 0 radical (unpaired) electrons. The number of aromatic carboxylic acids is 1. The maximum absolute atomic E-state index is 11.7. The third kappa shape index (κ3) is 2.99. The van der Waals surface area contributed by atoms with Gasteiger partial charge in [-0.15, -0.1) is 5.10 Å². The predicted octanol–water partition coefficient (Wildman–Crippen LogP) is 0.991. The summed E-state index contributed by atoms with van der Waals surface area (Å²) in [5.41, 5.74) is 5.45. The minimum Gasteiger partial charge on any atom is -0.478 e. The molecule has 1 aromatic carbocycles. The Balaban J connectivity index is 2.23. The van der Waals surface area contributed by atoms with Gasteiger partial charge in [0.25, 0.3) is 5.91 Å². The average Bonchev–Trinajstić information content (AvgIpc) is 2.75. The third-order valence-electron chi connectivity index (χ3n) is 2.12.